The Morgan fingerprint density at radius 3 is 2.36 bits per heavy atom. The highest BCUT2D eigenvalue weighted by Crippen LogP contribution is 2.30. The van der Waals surface area contributed by atoms with Crippen molar-refractivity contribution in [3.05, 3.63) is 91.3 Å². The van der Waals surface area contributed by atoms with Gasteiger partial charge in [-0.15, -0.1) is 0 Å². The second-order valence-corrected chi connectivity index (χ2v) is 6.85. The molecule has 0 saturated heterocycles. The van der Waals surface area contributed by atoms with Gasteiger partial charge in [-0.25, -0.2) is 9.50 Å². The third kappa shape index (κ3) is 2.32. The molecule has 0 aliphatic carbocycles. The summed E-state index contributed by atoms with van der Waals surface area (Å²) in [6, 6.07) is 26.6. The summed E-state index contributed by atoms with van der Waals surface area (Å²) < 4.78 is 7.81. The minimum atomic E-state index is 0.638. The summed E-state index contributed by atoms with van der Waals surface area (Å²) in [6.07, 6.45) is 3.99. The highest BCUT2D eigenvalue weighted by molar-refractivity contribution is 5.91. The Balaban J connectivity index is 1.44. The zero-order chi connectivity index (χ0) is 18.5. The van der Waals surface area contributed by atoms with Crippen molar-refractivity contribution in [2.75, 3.05) is 0 Å². The van der Waals surface area contributed by atoms with E-state index in [1.54, 1.807) is 0 Å². The van der Waals surface area contributed by atoms with Crippen LogP contribution in [0.3, 0.4) is 0 Å². The molecule has 4 heteroatoms. The second kappa shape index (κ2) is 5.79. The van der Waals surface area contributed by atoms with Crippen molar-refractivity contribution >= 4 is 27.4 Å². The van der Waals surface area contributed by atoms with Gasteiger partial charge in [-0.1, -0.05) is 48.5 Å². The molecule has 3 heterocycles. The molecule has 6 rings (SSSR count). The van der Waals surface area contributed by atoms with Gasteiger partial charge in [0, 0.05) is 22.7 Å². The molecule has 0 aliphatic heterocycles. The van der Waals surface area contributed by atoms with E-state index in [0.717, 1.165) is 33.3 Å². The molecule has 4 nitrogen and oxygen atoms in total. The van der Waals surface area contributed by atoms with E-state index in [2.05, 4.69) is 52.7 Å². The van der Waals surface area contributed by atoms with Gasteiger partial charge < -0.3 is 4.42 Å². The molecule has 3 aromatic heterocycles. The molecular weight excluding hydrogens is 346 g/mol. The molecule has 0 amide bonds. The van der Waals surface area contributed by atoms with E-state index in [9.17, 15) is 0 Å². The molecule has 132 valence electrons. The number of hydrogen-bond acceptors (Lipinski definition) is 3. The summed E-state index contributed by atoms with van der Waals surface area (Å²) in [5.41, 5.74) is 5.95. The minimum absolute atomic E-state index is 0.638. The number of fused-ring (bicyclic) bond motifs is 3. The molecule has 0 unspecified atom stereocenters. The van der Waals surface area contributed by atoms with Crippen molar-refractivity contribution in [1.82, 2.24) is 14.6 Å². The first-order chi connectivity index (χ1) is 13.8. The van der Waals surface area contributed by atoms with Gasteiger partial charge >= 0.3 is 0 Å². The van der Waals surface area contributed by atoms with E-state index >= 15 is 0 Å². The Morgan fingerprint density at radius 1 is 0.750 bits per heavy atom. The maximum absolute atomic E-state index is 5.88. The first-order valence-electron chi connectivity index (χ1n) is 9.18. The first kappa shape index (κ1) is 15.2. The zero-order valence-corrected chi connectivity index (χ0v) is 14.9. The molecule has 0 spiro atoms. The average Bonchev–Trinajstić information content (AvgIpc) is 3.36. The molecule has 28 heavy (non-hydrogen) atoms. The summed E-state index contributed by atoms with van der Waals surface area (Å²) in [4.78, 5) is 4.58. The lowest BCUT2D eigenvalue weighted by Gasteiger charge is -2.03. The molecular formula is C24H15N3O. The molecule has 0 fully saturated rings. The van der Waals surface area contributed by atoms with E-state index in [0.29, 0.717) is 5.89 Å². The van der Waals surface area contributed by atoms with Crippen LogP contribution in [0.25, 0.3) is 50.0 Å². The normalized spacial score (nSPS) is 11.6. The lowest BCUT2D eigenvalue weighted by atomic mass is 10.0. The molecule has 0 radical (unpaired) electrons. The highest BCUT2D eigenvalue weighted by Gasteiger charge is 2.11. The van der Waals surface area contributed by atoms with E-state index in [1.165, 1.54) is 10.8 Å². The maximum Gasteiger partial charge on any atom is 0.227 e. The summed E-state index contributed by atoms with van der Waals surface area (Å²) in [7, 11) is 0. The number of aromatic nitrogens is 3. The van der Waals surface area contributed by atoms with Crippen molar-refractivity contribution in [3.8, 4) is 22.6 Å². The summed E-state index contributed by atoms with van der Waals surface area (Å²) >= 11 is 0. The van der Waals surface area contributed by atoms with Crippen molar-refractivity contribution in [1.29, 1.82) is 0 Å². The van der Waals surface area contributed by atoms with Gasteiger partial charge in [0.1, 0.15) is 5.52 Å². The number of rotatable bonds is 2. The Labute approximate surface area is 160 Å². The molecule has 6 aromatic rings. The van der Waals surface area contributed by atoms with Crippen molar-refractivity contribution in [2.45, 2.75) is 0 Å². The van der Waals surface area contributed by atoms with Crippen LogP contribution in [-0.4, -0.2) is 14.6 Å². The van der Waals surface area contributed by atoms with Crippen LogP contribution in [0, 0.1) is 0 Å². The van der Waals surface area contributed by atoms with Crippen molar-refractivity contribution in [2.24, 2.45) is 0 Å². The van der Waals surface area contributed by atoms with E-state index < -0.39 is 0 Å². The fourth-order valence-corrected chi connectivity index (χ4v) is 3.67. The van der Waals surface area contributed by atoms with Gasteiger partial charge in [0.05, 0.1) is 11.7 Å². The fourth-order valence-electron chi connectivity index (χ4n) is 3.67. The summed E-state index contributed by atoms with van der Waals surface area (Å²) in [5, 5.41) is 6.93. The van der Waals surface area contributed by atoms with Gasteiger partial charge in [-0.3, -0.25) is 0 Å². The Kier molecular flexibility index (Phi) is 3.14. The van der Waals surface area contributed by atoms with Crippen LogP contribution in [0.15, 0.2) is 95.7 Å². The Morgan fingerprint density at radius 2 is 1.50 bits per heavy atom. The Bertz CT molecular complexity index is 1430. The molecule has 0 atom stereocenters. The van der Waals surface area contributed by atoms with Crippen molar-refractivity contribution < 1.29 is 4.42 Å². The second-order valence-electron chi connectivity index (χ2n) is 6.85. The zero-order valence-electron chi connectivity index (χ0n) is 14.9. The van der Waals surface area contributed by atoms with Crippen LogP contribution in [-0.2, 0) is 0 Å². The predicted molar refractivity (Wildman–Crippen MR) is 111 cm³/mol. The van der Waals surface area contributed by atoms with Gasteiger partial charge in [0.2, 0.25) is 5.89 Å². The quantitative estimate of drug-likeness (QED) is 0.382. The van der Waals surface area contributed by atoms with E-state index in [1.807, 2.05) is 53.2 Å². The van der Waals surface area contributed by atoms with Crippen LogP contribution in [0.2, 0.25) is 0 Å². The van der Waals surface area contributed by atoms with Crippen LogP contribution in [0.5, 0.6) is 0 Å². The molecule has 0 aliphatic rings. The summed E-state index contributed by atoms with van der Waals surface area (Å²) in [6.45, 7) is 0. The van der Waals surface area contributed by atoms with Crippen molar-refractivity contribution in [3.63, 3.8) is 0 Å². The molecule has 0 N–H and O–H groups in total. The average molecular weight is 361 g/mol. The molecule has 0 bridgehead atoms. The monoisotopic (exact) mass is 361 g/mol. The largest absolute Gasteiger partial charge is 0.436 e. The SMILES string of the molecule is c1ccc2cn3ncc(-c4ccc(-c5nc6ccccc6o5)cc4)c3cc2c1. The van der Waals surface area contributed by atoms with Gasteiger partial charge in [-0.2, -0.15) is 5.10 Å². The number of nitrogens with zero attached hydrogens (tertiary/aromatic N) is 3. The van der Waals surface area contributed by atoms with E-state index in [4.69, 9.17) is 4.42 Å². The highest BCUT2D eigenvalue weighted by atomic mass is 16.3. The smallest absolute Gasteiger partial charge is 0.227 e. The number of oxazole rings is 1. The first-order valence-corrected chi connectivity index (χ1v) is 9.18. The topological polar surface area (TPSA) is 43.3 Å². The standard InChI is InChI=1S/C24H15N3O/c1-2-6-19-15-27-22(13-18(19)5-1)20(14-25-27)16-9-11-17(12-10-16)24-26-21-7-3-4-8-23(21)28-24/h1-15H. The lowest BCUT2D eigenvalue weighted by molar-refractivity contribution is 0.620. The van der Waals surface area contributed by atoms with E-state index in [-0.39, 0.29) is 0 Å². The fraction of sp³-hybridized carbons (Fsp3) is 0. The number of pyridine rings is 1. The molecule has 3 aromatic carbocycles. The van der Waals surface area contributed by atoms with Gasteiger partial charge in [0.25, 0.3) is 0 Å². The van der Waals surface area contributed by atoms with Gasteiger partial charge in [0.15, 0.2) is 5.58 Å². The maximum atomic E-state index is 5.88. The molecule has 0 saturated carbocycles. The van der Waals surface area contributed by atoms with Crippen LogP contribution < -0.4 is 0 Å². The predicted octanol–water partition coefficient (Wildman–Crippen LogP) is 5.96. The van der Waals surface area contributed by atoms with Crippen LogP contribution >= 0.6 is 0 Å². The minimum Gasteiger partial charge on any atom is -0.436 e. The van der Waals surface area contributed by atoms with Gasteiger partial charge in [-0.05, 0) is 41.3 Å². The Hall–Kier alpha value is -3.92. The van der Waals surface area contributed by atoms with Crippen LogP contribution in [0.4, 0.5) is 0 Å². The number of para-hydroxylation sites is 2. The number of hydrogen-bond donors (Lipinski definition) is 0. The lowest BCUT2D eigenvalue weighted by Crippen LogP contribution is -1.87. The summed E-state index contributed by atoms with van der Waals surface area (Å²) in [5.74, 6) is 0.638. The number of benzene rings is 3. The third-order valence-corrected chi connectivity index (χ3v) is 5.12. The van der Waals surface area contributed by atoms with Crippen LogP contribution in [0.1, 0.15) is 0 Å². The third-order valence-electron chi connectivity index (χ3n) is 5.12.